The Morgan fingerprint density at radius 2 is 1.53 bits per heavy atom. The lowest BCUT2D eigenvalue weighted by Gasteiger charge is -2.28. The predicted molar refractivity (Wildman–Crippen MR) is 124 cm³/mol. The number of rotatable bonds is 5. The van der Waals surface area contributed by atoms with Crippen LogP contribution in [0.15, 0.2) is 48.5 Å². The van der Waals surface area contributed by atoms with E-state index in [1.807, 2.05) is 0 Å². The van der Waals surface area contributed by atoms with Crippen molar-refractivity contribution in [1.82, 2.24) is 14.7 Å². The van der Waals surface area contributed by atoms with Gasteiger partial charge >= 0.3 is 6.18 Å². The molecule has 2 aromatic rings. The molecule has 4 rings (SSSR count). The van der Waals surface area contributed by atoms with Gasteiger partial charge in [0.05, 0.1) is 28.9 Å². The zero-order valence-corrected chi connectivity index (χ0v) is 19.5. The zero-order chi connectivity index (χ0) is 26.0. The molecule has 0 radical (unpaired) electrons. The number of imide groups is 1. The Labute approximate surface area is 205 Å². The van der Waals surface area contributed by atoms with Crippen LogP contribution < -0.4 is 5.32 Å². The number of carbonyl (C=O) groups is 4. The van der Waals surface area contributed by atoms with Crippen molar-refractivity contribution in [2.45, 2.75) is 25.6 Å². The van der Waals surface area contributed by atoms with Crippen molar-refractivity contribution >= 4 is 29.3 Å². The Balaban J connectivity index is 1.35. The first-order chi connectivity index (χ1) is 17.1. The minimum atomic E-state index is -4.59. The van der Waals surface area contributed by atoms with Crippen molar-refractivity contribution in [3.63, 3.8) is 0 Å². The van der Waals surface area contributed by atoms with Gasteiger partial charge in [0.1, 0.15) is 6.04 Å². The van der Waals surface area contributed by atoms with E-state index in [9.17, 15) is 32.3 Å². The lowest BCUT2D eigenvalue weighted by molar-refractivity contribution is -0.137. The summed E-state index contributed by atoms with van der Waals surface area (Å²) >= 11 is 0. The molecule has 8 nitrogen and oxygen atoms in total. The molecule has 1 saturated heterocycles. The molecule has 2 aromatic carbocycles. The molecule has 2 aliphatic rings. The van der Waals surface area contributed by atoms with Gasteiger partial charge in [-0.25, -0.2) is 0 Å². The number of anilines is 1. The van der Waals surface area contributed by atoms with Gasteiger partial charge in [-0.2, -0.15) is 13.2 Å². The van der Waals surface area contributed by atoms with Crippen LogP contribution in [0.25, 0.3) is 0 Å². The van der Waals surface area contributed by atoms with Crippen LogP contribution in [0.5, 0.6) is 0 Å². The molecular weight excluding hydrogens is 477 g/mol. The van der Waals surface area contributed by atoms with E-state index in [4.69, 9.17) is 0 Å². The van der Waals surface area contributed by atoms with Crippen LogP contribution in [0.3, 0.4) is 0 Å². The topological polar surface area (TPSA) is 90.0 Å². The van der Waals surface area contributed by atoms with Crippen LogP contribution in [0, 0.1) is 0 Å². The second-order valence-corrected chi connectivity index (χ2v) is 8.75. The molecule has 1 fully saturated rings. The summed E-state index contributed by atoms with van der Waals surface area (Å²) in [6, 6.07) is 10.2. The van der Waals surface area contributed by atoms with Gasteiger partial charge in [0, 0.05) is 26.2 Å². The van der Waals surface area contributed by atoms with E-state index >= 15 is 0 Å². The first kappa shape index (κ1) is 25.4. The van der Waals surface area contributed by atoms with Gasteiger partial charge in [-0.15, -0.1) is 0 Å². The molecule has 0 aliphatic carbocycles. The van der Waals surface area contributed by atoms with E-state index in [0.29, 0.717) is 26.1 Å². The molecule has 0 aromatic heterocycles. The largest absolute Gasteiger partial charge is 0.418 e. The SMILES string of the molecule is CC(C(=O)N1CCCN(CC(=O)Nc2ccccc2C(F)(F)F)CC1)N1C(=O)c2ccccc2C1=O. The van der Waals surface area contributed by atoms with Gasteiger partial charge < -0.3 is 10.2 Å². The minimum Gasteiger partial charge on any atom is -0.340 e. The number of nitrogens with zero attached hydrogens (tertiary/aromatic N) is 3. The molecule has 4 amide bonds. The number of alkyl halides is 3. The average Bonchev–Trinajstić information content (AvgIpc) is 2.97. The van der Waals surface area contributed by atoms with E-state index in [2.05, 4.69) is 5.32 Å². The van der Waals surface area contributed by atoms with Gasteiger partial charge in [-0.05, 0) is 37.6 Å². The summed E-state index contributed by atoms with van der Waals surface area (Å²) in [5, 5.41) is 2.33. The normalized spacial score (nSPS) is 17.6. The number of amides is 4. The monoisotopic (exact) mass is 502 g/mol. The molecule has 2 heterocycles. The van der Waals surface area contributed by atoms with Crippen molar-refractivity contribution in [2.75, 3.05) is 38.0 Å². The van der Waals surface area contributed by atoms with Gasteiger partial charge in [0.25, 0.3) is 11.8 Å². The second kappa shape index (κ2) is 10.1. The fourth-order valence-corrected chi connectivity index (χ4v) is 4.52. The number of benzene rings is 2. The quantitative estimate of drug-likeness (QED) is 0.636. The second-order valence-electron chi connectivity index (χ2n) is 8.75. The Hall–Kier alpha value is -3.73. The average molecular weight is 502 g/mol. The van der Waals surface area contributed by atoms with Gasteiger partial charge in [0.15, 0.2) is 0 Å². The van der Waals surface area contributed by atoms with Crippen molar-refractivity contribution in [2.24, 2.45) is 0 Å². The van der Waals surface area contributed by atoms with Crippen LogP contribution in [0.1, 0.15) is 39.6 Å². The molecule has 11 heteroatoms. The summed E-state index contributed by atoms with van der Waals surface area (Å²) in [4.78, 5) is 55.3. The molecule has 0 saturated carbocycles. The number of carbonyl (C=O) groups excluding carboxylic acids is 4. The number of fused-ring (bicyclic) bond motifs is 1. The Bertz CT molecular complexity index is 1160. The van der Waals surface area contributed by atoms with Gasteiger partial charge in [-0.1, -0.05) is 24.3 Å². The highest BCUT2D eigenvalue weighted by molar-refractivity contribution is 6.22. The van der Waals surface area contributed by atoms with Crippen LogP contribution in [0.2, 0.25) is 0 Å². The van der Waals surface area contributed by atoms with Crippen LogP contribution in [-0.4, -0.2) is 77.1 Å². The summed E-state index contributed by atoms with van der Waals surface area (Å²) in [7, 11) is 0. The fourth-order valence-electron chi connectivity index (χ4n) is 4.52. The van der Waals surface area contributed by atoms with E-state index in [1.54, 1.807) is 34.1 Å². The van der Waals surface area contributed by atoms with Gasteiger partial charge in [-0.3, -0.25) is 29.0 Å². The molecule has 0 spiro atoms. The Kier molecular flexibility index (Phi) is 7.11. The fraction of sp³-hybridized carbons (Fsp3) is 0.360. The smallest absolute Gasteiger partial charge is 0.340 e. The summed E-state index contributed by atoms with van der Waals surface area (Å²) in [5.74, 6) is -1.99. The summed E-state index contributed by atoms with van der Waals surface area (Å²) in [6.45, 7) is 2.76. The highest BCUT2D eigenvalue weighted by Gasteiger charge is 2.42. The van der Waals surface area contributed by atoms with E-state index in [-0.39, 0.29) is 35.8 Å². The third kappa shape index (κ3) is 5.11. The highest BCUT2D eigenvalue weighted by atomic mass is 19.4. The molecule has 190 valence electrons. The molecule has 2 aliphatic heterocycles. The van der Waals surface area contributed by atoms with Crippen LogP contribution in [-0.2, 0) is 15.8 Å². The third-order valence-electron chi connectivity index (χ3n) is 6.34. The molecule has 1 unspecified atom stereocenters. The molecule has 36 heavy (non-hydrogen) atoms. The third-order valence-corrected chi connectivity index (χ3v) is 6.34. The number of hydrogen-bond acceptors (Lipinski definition) is 5. The number of nitrogens with one attached hydrogen (secondary N) is 1. The Morgan fingerprint density at radius 3 is 2.17 bits per heavy atom. The maximum atomic E-state index is 13.2. The van der Waals surface area contributed by atoms with Crippen LogP contribution >= 0.6 is 0 Å². The Morgan fingerprint density at radius 1 is 0.917 bits per heavy atom. The van der Waals surface area contributed by atoms with Crippen molar-refractivity contribution in [3.8, 4) is 0 Å². The summed E-state index contributed by atoms with van der Waals surface area (Å²) in [5.41, 5.74) is -0.700. The van der Waals surface area contributed by atoms with Gasteiger partial charge in [0.2, 0.25) is 11.8 Å². The van der Waals surface area contributed by atoms with Crippen LogP contribution in [0.4, 0.5) is 18.9 Å². The number of halogens is 3. The molecule has 1 N–H and O–H groups in total. The molecule has 0 bridgehead atoms. The highest BCUT2D eigenvalue weighted by Crippen LogP contribution is 2.34. The van der Waals surface area contributed by atoms with E-state index < -0.39 is 35.5 Å². The minimum absolute atomic E-state index is 0.137. The molecule has 1 atom stereocenters. The van der Waals surface area contributed by atoms with Crippen molar-refractivity contribution in [1.29, 1.82) is 0 Å². The van der Waals surface area contributed by atoms with E-state index in [0.717, 1.165) is 11.0 Å². The maximum Gasteiger partial charge on any atom is 0.418 e. The first-order valence-corrected chi connectivity index (χ1v) is 11.5. The maximum absolute atomic E-state index is 13.2. The zero-order valence-electron chi connectivity index (χ0n) is 19.5. The van der Waals surface area contributed by atoms with Crippen molar-refractivity contribution < 1.29 is 32.3 Å². The number of para-hydroxylation sites is 1. The number of hydrogen-bond donors (Lipinski definition) is 1. The standard InChI is InChI=1S/C25H25F3N4O4/c1-16(32-23(35)17-7-2-3-8-18(17)24(32)36)22(34)31-12-6-11-30(13-14-31)15-21(33)29-20-10-5-4-9-19(20)25(26,27)28/h2-5,7-10,16H,6,11-15H2,1H3,(H,29,33). The first-order valence-electron chi connectivity index (χ1n) is 11.5. The van der Waals surface area contributed by atoms with E-state index in [1.165, 1.54) is 25.1 Å². The van der Waals surface area contributed by atoms with Crippen molar-refractivity contribution in [3.05, 3.63) is 65.2 Å². The molecular formula is C25H25F3N4O4. The summed E-state index contributed by atoms with van der Waals surface area (Å²) in [6.07, 6.45) is -4.07. The lowest BCUT2D eigenvalue weighted by atomic mass is 10.1. The lowest BCUT2D eigenvalue weighted by Crippen LogP contribution is -2.50. The predicted octanol–water partition coefficient (Wildman–Crippen LogP) is 2.86. The summed E-state index contributed by atoms with van der Waals surface area (Å²) < 4.78 is 39.6.